The van der Waals surface area contributed by atoms with Gasteiger partial charge in [-0.2, -0.15) is 0 Å². The molecule has 0 aliphatic carbocycles. The summed E-state index contributed by atoms with van der Waals surface area (Å²) < 4.78 is 10.4. The van der Waals surface area contributed by atoms with Gasteiger partial charge in [-0.25, -0.2) is 4.79 Å². The van der Waals surface area contributed by atoms with Crippen molar-refractivity contribution in [1.29, 1.82) is 0 Å². The van der Waals surface area contributed by atoms with E-state index in [1.807, 2.05) is 0 Å². The standard InChI is InChI=1S/C13H12ClNO4/c1-7-3-11(19-6-13(16)17)8-4-12(18-2)9(14)5-10(8)15-7/h3-5H,6H2,1-2H3,(H,16,17). The Morgan fingerprint density at radius 3 is 2.74 bits per heavy atom. The van der Waals surface area contributed by atoms with Crippen LogP contribution in [-0.4, -0.2) is 29.8 Å². The van der Waals surface area contributed by atoms with Crippen LogP contribution in [0, 0.1) is 6.92 Å². The second kappa shape index (κ2) is 5.32. The van der Waals surface area contributed by atoms with E-state index in [-0.39, 0.29) is 0 Å². The van der Waals surface area contributed by atoms with Gasteiger partial charge in [0.2, 0.25) is 0 Å². The van der Waals surface area contributed by atoms with Crippen LogP contribution < -0.4 is 9.47 Å². The van der Waals surface area contributed by atoms with Crippen LogP contribution in [0.25, 0.3) is 10.9 Å². The first-order valence-electron chi connectivity index (χ1n) is 5.50. The van der Waals surface area contributed by atoms with Gasteiger partial charge in [0.1, 0.15) is 11.5 Å². The zero-order valence-corrected chi connectivity index (χ0v) is 11.2. The van der Waals surface area contributed by atoms with Gasteiger partial charge in [-0.3, -0.25) is 4.98 Å². The van der Waals surface area contributed by atoms with Crippen molar-refractivity contribution in [1.82, 2.24) is 4.98 Å². The van der Waals surface area contributed by atoms with Crippen molar-refractivity contribution in [3.05, 3.63) is 28.9 Å². The number of halogens is 1. The van der Waals surface area contributed by atoms with Gasteiger partial charge < -0.3 is 14.6 Å². The summed E-state index contributed by atoms with van der Waals surface area (Å²) in [5.41, 5.74) is 1.35. The minimum absolute atomic E-state index is 0.413. The first-order valence-corrected chi connectivity index (χ1v) is 5.88. The highest BCUT2D eigenvalue weighted by atomic mass is 35.5. The highest BCUT2D eigenvalue weighted by Gasteiger charge is 2.11. The lowest BCUT2D eigenvalue weighted by Gasteiger charge is -2.11. The molecule has 0 amide bonds. The summed E-state index contributed by atoms with van der Waals surface area (Å²) in [5.74, 6) is -0.108. The summed E-state index contributed by atoms with van der Waals surface area (Å²) in [6.45, 7) is 1.38. The van der Waals surface area contributed by atoms with Crippen molar-refractivity contribution in [3.63, 3.8) is 0 Å². The molecular formula is C13H12ClNO4. The number of carboxylic acids is 1. The van der Waals surface area contributed by atoms with Crippen molar-refractivity contribution in [2.45, 2.75) is 6.92 Å². The van der Waals surface area contributed by atoms with Gasteiger partial charge in [0, 0.05) is 17.1 Å². The van der Waals surface area contributed by atoms with Gasteiger partial charge in [0.05, 0.1) is 17.6 Å². The molecule has 1 aromatic heterocycles. The number of hydrogen-bond acceptors (Lipinski definition) is 4. The van der Waals surface area contributed by atoms with Gasteiger partial charge in [-0.1, -0.05) is 11.6 Å². The third-order valence-corrected chi connectivity index (χ3v) is 2.82. The Kier molecular flexibility index (Phi) is 3.76. The van der Waals surface area contributed by atoms with Crippen LogP contribution in [0.15, 0.2) is 18.2 Å². The summed E-state index contributed by atoms with van der Waals surface area (Å²) in [4.78, 5) is 14.9. The normalized spacial score (nSPS) is 10.5. The van der Waals surface area contributed by atoms with E-state index in [9.17, 15) is 4.79 Å². The topological polar surface area (TPSA) is 68.7 Å². The average Bonchev–Trinajstić information content (AvgIpc) is 2.34. The second-order valence-electron chi connectivity index (χ2n) is 3.95. The molecule has 0 fully saturated rings. The number of carboxylic acid groups (broad SMARTS) is 1. The second-order valence-corrected chi connectivity index (χ2v) is 4.36. The Bertz CT molecular complexity index is 642. The van der Waals surface area contributed by atoms with Crippen LogP contribution >= 0.6 is 11.6 Å². The summed E-state index contributed by atoms with van der Waals surface area (Å²) in [6.07, 6.45) is 0. The summed E-state index contributed by atoms with van der Waals surface area (Å²) in [7, 11) is 1.51. The van der Waals surface area contributed by atoms with Gasteiger partial charge >= 0.3 is 5.97 Å². The minimum Gasteiger partial charge on any atom is -0.495 e. The Balaban J connectivity index is 2.57. The van der Waals surface area contributed by atoms with Crippen molar-refractivity contribution < 1.29 is 19.4 Å². The molecule has 19 heavy (non-hydrogen) atoms. The van der Waals surface area contributed by atoms with E-state index in [0.29, 0.717) is 33.1 Å². The summed E-state index contributed by atoms with van der Waals surface area (Å²) >= 11 is 6.04. The number of nitrogens with zero attached hydrogens (tertiary/aromatic N) is 1. The van der Waals surface area contributed by atoms with Crippen molar-refractivity contribution in [3.8, 4) is 11.5 Å². The van der Waals surface area contributed by atoms with E-state index in [1.165, 1.54) is 7.11 Å². The highest BCUT2D eigenvalue weighted by molar-refractivity contribution is 6.32. The molecule has 0 aliphatic rings. The molecule has 0 saturated carbocycles. The maximum atomic E-state index is 10.6. The Morgan fingerprint density at radius 2 is 2.11 bits per heavy atom. The molecule has 6 heteroatoms. The number of fused-ring (bicyclic) bond motifs is 1. The molecule has 1 heterocycles. The van der Waals surface area contributed by atoms with Crippen molar-refractivity contribution in [2.75, 3.05) is 13.7 Å². The number of carbonyl (C=O) groups is 1. The fourth-order valence-electron chi connectivity index (χ4n) is 1.74. The number of benzene rings is 1. The molecule has 2 aromatic rings. The lowest BCUT2D eigenvalue weighted by Crippen LogP contribution is -2.10. The van der Waals surface area contributed by atoms with E-state index in [1.54, 1.807) is 25.1 Å². The number of rotatable bonds is 4. The van der Waals surface area contributed by atoms with Gasteiger partial charge in [0.25, 0.3) is 0 Å². The lowest BCUT2D eigenvalue weighted by molar-refractivity contribution is -0.139. The van der Waals surface area contributed by atoms with Gasteiger partial charge in [0.15, 0.2) is 6.61 Å². The predicted octanol–water partition coefficient (Wildman–Crippen LogP) is 2.67. The Hall–Kier alpha value is -2.01. The third kappa shape index (κ3) is 2.88. The smallest absolute Gasteiger partial charge is 0.341 e. The highest BCUT2D eigenvalue weighted by Crippen LogP contribution is 2.34. The van der Waals surface area contributed by atoms with Gasteiger partial charge in [-0.15, -0.1) is 0 Å². The molecular weight excluding hydrogens is 270 g/mol. The van der Waals surface area contributed by atoms with Crippen LogP contribution in [-0.2, 0) is 4.79 Å². The number of methoxy groups -OCH3 is 1. The van der Waals surface area contributed by atoms with Crippen LogP contribution in [0.1, 0.15) is 5.69 Å². The average molecular weight is 282 g/mol. The largest absolute Gasteiger partial charge is 0.495 e. The van der Waals surface area contributed by atoms with Crippen molar-refractivity contribution in [2.24, 2.45) is 0 Å². The monoisotopic (exact) mass is 281 g/mol. The van der Waals surface area contributed by atoms with E-state index >= 15 is 0 Å². The zero-order valence-electron chi connectivity index (χ0n) is 10.4. The molecule has 0 saturated heterocycles. The molecule has 0 aliphatic heterocycles. The molecule has 0 radical (unpaired) electrons. The molecule has 2 rings (SSSR count). The number of hydrogen-bond donors (Lipinski definition) is 1. The van der Waals surface area contributed by atoms with E-state index in [4.69, 9.17) is 26.2 Å². The third-order valence-electron chi connectivity index (χ3n) is 2.52. The predicted molar refractivity (Wildman–Crippen MR) is 71.2 cm³/mol. The van der Waals surface area contributed by atoms with Crippen LogP contribution in [0.4, 0.5) is 0 Å². The van der Waals surface area contributed by atoms with E-state index < -0.39 is 12.6 Å². The fourth-order valence-corrected chi connectivity index (χ4v) is 1.97. The van der Waals surface area contributed by atoms with Crippen LogP contribution in [0.5, 0.6) is 11.5 Å². The number of aromatic nitrogens is 1. The maximum absolute atomic E-state index is 10.6. The molecule has 0 bridgehead atoms. The van der Waals surface area contributed by atoms with Crippen molar-refractivity contribution >= 4 is 28.5 Å². The number of aliphatic carboxylic acids is 1. The molecule has 0 atom stereocenters. The SMILES string of the molecule is COc1cc2c(OCC(=O)O)cc(C)nc2cc1Cl. The quantitative estimate of drug-likeness (QED) is 0.933. The number of pyridine rings is 1. The Labute approximate surface area is 114 Å². The first-order chi connectivity index (χ1) is 9.01. The minimum atomic E-state index is -1.04. The molecule has 5 nitrogen and oxygen atoms in total. The first kappa shape index (κ1) is 13.4. The van der Waals surface area contributed by atoms with Crippen LogP contribution in [0.2, 0.25) is 5.02 Å². The number of ether oxygens (including phenoxy) is 2. The molecule has 100 valence electrons. The summed E-state index contributed by atoms with van der Waals surface area (Å²) in [6, 6.07) is 5.02. The van der Waals surface area contributed by atoms with E-state index in [2.05, 4.69) is 4.98 Å². The summed E-state index contributed by atoms with van der Waals surface area (Å²) in [5, 5.41) is 9.78. The van der Waals surface area contributed by atoms with Crippen LogP contribution in [0.3, 0.4) is 0 Å². The number of aryl methyl sites for hydroxylation is 1. The zero-order chi connectivity index (χ0) is 14.0. The molecule has 0 spiro atoms. The Morgan fingerprint density at radius 1 is 1.37 bits per heavy atom. The van der Waals surface area contributed by atoms with E-state index in [0.717, 1.165) is 0 Å². The maximum Gasteiger partial charge on any atom is 0.341 e. The molecule has 1 aromatic carbocycles. The molecule has 0 unspecified atom stereocenters. The fraction of sp³-hybridized carbons (Fsp3) is 0.231. The van der Waals surface area contributed by atoms with Gasteiger partial charge in [-0.05, 0) is 19.1 Å². The lowest BCUT2D eigenvalue weighted by atomic mass is 10.1. The molecule has 1 N–H and O–H groups in total.